The van der Waals surface area contributed by atoms with Gasteiger partial charge < -0.3 is 19.3 Å². The van der Waals surface area contributed by atoms with Crippen molar-refractivity contribution in [3.8, 4) is 34.3 Å². The van der Waals surface area contributed by atoms with Crippen molar-refractivity contribution >= 4 is 11.4 Å². The van der Waals surface area contributed by atoms with Gasteiger partial charge in [0.1, 0.15) is 5.69 Å². The SMILES string of the molecule is COc1ccc(-c2noc(-c3ccc(NCc4ccccn4)c([N+](=O)[O-])c3)n2)cc1OC. The fourth-order valence-electron chi connectivity index (χ4n) is 3.09. The molecule has 0 fully saturated rings. The van der Waals surface area contributed by atoms with Gasteiger partial charge in [-0.1, -0.05) is 11.2 Å². The highest BCUT2D eigenvalue weighted by Gasteiger charge is 2.19. The van der Waals surface area contributed by atoms with Crippen LogP contribution in [0.1, 0.15) is 5.69 Å². The molecule has 0 atom stereocenters. The van der Waals surface area contributed by atoms with Gasteiger partial charge in [-0.25, -0.2) is 0 Å². The zero-order valence-electron chi connectivity index (χ0n) is 17.3. The van der Waals surface area contributed by atoms with E-state index in [9.17, 15) is 10.1 Å². The molecule has 10 nitrogen and oxygen atoms in total. The third-order valence-electron chi connectivity index (χ3n) is 4.70. The fraction of sp³-hybridized carbons (Fsp3) is 0.136. The number of nitrogens with zero attached hydrogens (tertiary/aromatic N) is 4. The maximum Gasteiger partial charge on any atom is 0.293 e. The van der Waals surface area contributed by atoms with E-state index in [0.717, 1.165) is 5.69 Å². The molecule has 0 unspecified atom stereocenters. The van der Waals surface area contributed by atoms with Crippen LogP contribution in [0.3, 0.4) is 0 Å². The maximum absolute atomic E-state index is 11.6. The van der Waals surface area contributed by atoms with Crippen molar-refractivity contribution in [3.05, 3.63) is 76.6 Å². The standard InChI is InChI=1S/C22H19N5O5/c1-30-19-9-7-14(12-20(19)31-2)21-25-22(32-26-21)15-6-8-17(18(11-15)27(28)29)24-13-16-5-3-4-10-23-16/h3-12,24H,13H2,1-2H3. The number of aromatic nitrogens is 3. The molecular weight excluding hydrogens is 414 g/mol. The van der Waals surface area contributed by atoms with Crippen LogP contribution in [-0.2, 0) is 6.54 Å². The van der Waals surface area contributed by atoms with Gasteiger partial charge in [0.15, 0.2) is 11.5 Å². The number of hydrogen-bond acceptors (Lipinski definition) is 9. The Morgan fingerprint density at radius 2 is 1.84 bits per heavy atom. The van der Waals surface area contributed by atoms with E-state index < -0.39 is 4.92 Å². The van der Waals surface area contributed by atoms with E-state index in [-0.39, 0.29) is 11.6 Å². The smallest absolute Gasteiger partial charge is 0.293 e. The highest BCUT2D eigenvalue weighted by molar-refractivity contribution is 5.71. The maximum atomic E-state index is 11.6. The molecule has 0 aliphatic heterocycles. The number of nitro benzene ring substituents is 1. The lowest BCUT2D eigenvalue weighted by Gasteiger charge is -2.07. The largest absolute Gasteiger partial charge is 0.493 e. The fourth-order valence-corrected chi connectivity index (χ4v) is 3.09. The number of methoxy groups -OCH3 is 2. The molecule has 1 N–H and O–H groups in total. The van der Waals surface area contributed by atoms with Gasteiger partial charge in [0.2, 0.25) is 5.82 Å². The number of anilines is 1. The summed E-state index contributed by atoms with van der Waals surface area (Å²) in [6, 6.07) is 15.4. The first-order valence-electron chi connectivity index (χ1n) is 9.57. The van der Waals surface area contributed by atoms with Crippen molar-refractivity contribution in [1.82, 2.24) is 15.1 Å². The van der Waals surface area contributed by atoms with Crippen LogP contribution in [0.5, 0.6) is 11.5 Å². The van der Waals surface area contributed by atoms with Crippen LogP contribution in [-0.4, -0.2) is 34.3 Å². The minimum atomic E-state index is -0.462. The number of rotatable bonds is 8. The van der Waals surface area contributed by atoms with Gasteiger partial charge in [-0.15, -0.1) is 0 Å². The molecule has 0 amide bonds. The highest BCUT2D eigenvalue weighted by Crippen LogP contribution is 2.34. The van der Waals surface area contributed by atoms with Crippen molar-refractivity contribution in [2.75, 3.05) is 19.5 Å². The third-order valence-corrected chi connectivity index (χ3v) is 4.70. The minimum absolute atomic E-state index is 0.107. The number of ether oxygens (including phenoxy) is 2. The van der Waals surface area contributed by atoms with Gasteiger partial charge in [0.05, 0.1) is 31.4 Å². The molecule has 0 saturated heterocycles. The summed E-state index contributed by atoms with van der Waals surface area (Å²) in [6.45, 7) is 0.352. The van der Waals surface area contributed by atoms with Crippen molar-refractivity contribution in [3.63, 3.8) is 0 Å². The summed E-state index contributed by atoms with van der Waals surface area (Å²) in [5.41, 5.74) is 2.11. The molecule has 0 bridgehead atoms. The van der Waals surface area contributed by atoms with Crippen molar-refractivity contribution in [2.45, 2.75) is 6.54 Å². The molecular formula is C22H19N5O5. The molecule has 162 valence electrons. The molecule has 0 spiro atoms. The Bertz CT molecular complexity index is 1240. The van der Waals surface area contributed by atoms with Crippen LogP contribution in [0.4, 0.5) is 11.4 Å². The molecule has 2 aromatic carbocycles. The first-order chi connectivity index (χ1) is 15.6. The van der Waals surface area contributed by atoms with Gasteiger partial charge in [0.25, 0.3) is 11.6 Å². The van der Waals surface area contributed by atoms with Crippen molar-refractivity contribution in [2.24, 2.45) is 0 Å². The number of hydrogen-bond donors (Lipinski definition) is 1. The quantitative estimate of drug-likeness (QED) is 0.319. The molecule has 2 aromatic heterocycles. The molecule has 0 aliphatic rings. The lowest BCUT2D eigenvalue weighted by molar-refractivity contribution is -0.383. The molecule has 4 rings (SSSR count). The van der Waals surface area contributed by atoms with Crippen molar-refractivity contribution < 1.29 is 18.9 Å². The molecule has 0 radical (unpaired) electrons. The average Bonchev–Trinajstić information content (AvgIpc) is 3.33. The lowest BCUT2D eigenvalue weighted by atomic mass is 10.1. The van der Waals surface area contributed by atoms with E-state index in [2.05, 4.69) is 20.4 Å². The second-order valence-electron chi connectivity index (χ2n) is 6.66. The third kappa shape index (κ3) is 4.33. The first-order valence-corrected chi connectivity index (χ1v) is 9.57. The number of nitro groups is 1. The minimum Gasteiger partial charge on any atom is -0.493 e. The second-order valence-corrected chi connectivity index (χ2v) is 6.66. The normalized spacial score (nSPS) is 10.6. The Balaban J connectivity index is 1.60. The summed E-state index contributed by atoms with van der Waals surface area (Å²) >= 11 is 0. The van der Waals surface area contributed by atoms with Crippen molar-refractivity contribution in [1.29, 1.82) is 0 Å². The van der Waals surface area contributed by atoms with E-state index >= 15 is 0 Å². The van der Waals surface area contributed by atoms with Gasteiger partial charge in [-0.3, -0.25) is 15.1 Å². The molecule has 2 heterocycles. The van der Waals surface area contributed by atoms with E-state index in [1.165, 1.54) is 13.2 Å². The van der Waals surface area contributed by atoms with Crippen LogP contribution in [0.2, 0.25) is 0 Å². The highest BCUT2D eigenvalue weighted by atomic mass is 16.6. The van der Waals surface area contributed by atoms with E-state index in [4.69, 9.17) is 14.0 Å². The summed E-state index contributed by atoms with van der Waals surface area (Å²) in [7, 11) is 3.08. The molecule has 0 aliphatic carbocycles. The van der Waals surface area contributed by atoms with Crippen LogP contribution in [0, 0.1) is 10.1 Å². The predicted octanol–water partition coefficient (Wildman–Crippen LogP) is 4.34. The molecule has 4 aromatic rings. The Hall–Kier alpha value is -4.47. The summed E-state index contributed by atoms with van der Waals surface area (Å²) in [4.78, 5) is 19.8. The number of pyridine rings is 1. The van der Waals surface area contributed by atoms with Gasteiger partial charge in [0, 0.05) is 23.4 Å². The van der Waals surface area contributed by atoms with E-state index in [1.807, 2.05) is 12.1 Å². The van der Waals surface area contributed by atoms with Gasteiger partial charge in [-0.2, -0.15) is 4.98 Å². The average molecular weight is 433 g/mol. The Labute approximate surface area is 183 Å². The Morgan fingerprint density at radius 3 is 2.56 bits per heavy atom. The Kier molecular flexibility index (Phi) is 5.93. The second kappa shape index (κ2) is 9.13. The zero-order chi connectivity index (χ0) is 22.5. The molecule has 32 heavy (non-hydrogen) atoms. The van der Waals surface area contributed by atoms with Crippen LogP contribution in [0.25, 0.3) is 22.8 Å². The zero-order valence-corrected chi connectivity index (χ0v) is 17.3. The Morgan fingerprint density at radius 1 is 1.03 bits per heavy atom. The lowest BCUT2D eigenvalue weighted by Crippen LogP contribution is -2.04. The molecule has 0 saturated carbocycles. The predicted molar refractivity (Wildman–Crippen MR) is 116 cm³/mol. The van der Waals surface area contributed by atoms with Gasteiger partial charge in [-0.05, 0) is 42.5 Å². The summed E-state index contributed by atoms with van der Waals surface area (Å²) in [5.74, 6) is 1.58. The first kappa shape index (κ1) is 20.8. The number of nitrogens with one attached hydrogen (secondary N) is 1. The summed E-state index contributed by atoms with van der Waals surface area (Å²) in [6.07, 6.45) is 1.67. The topological polar surface area (TPSA) is 125 Å². The van der Waals surface area contributed by atoms with Crippen LogP contribution >= 0.6 is 0 Å². The summed E-state index contributed by atoms with van der Waals surface area (Å²) in [5, 5.41) is 18.7. The monoisotopic (exact) mass is 433 g/mol. The number of benzene rings is 2. The van der Waals surface area contributed by atoms with Crippen LogP contribution < -0.4 is 14.8 Å². The van der Waals surface area contributed by atoms with E-state index in [1.54, 1.807) is 49.7 Å². The van der Waals surface area contributed by atoms with Gasteiger partial charge >= 0.3 is 0 Å². The molecule has 10 heteroatoms. The summed E-state index contributed by atoms with van der Waals surface area (Å²) < 4.78 is 15.9. The van der Waals surface area contributed by atoms with Crippen LogP contribution in [0.15, 0.2) is 65.3 Å². The van der Waals surface area contributed by atoms with E-state index in [0.29, 0.717) is 40.7 Å².